The summed E-state index contributed by atoms with van der Waals surface area (Å²) in [7, 11) is 1.64. The molecule has 1 aromatic carbocycles. The molecular formula is C17H24N2O2. The first-order chi connectivity index (χ1) is 10.2. The molecule has 21 heavy (non-hydrogen) atoms. The maximum atomic E-state index is 12.8. The molecule has 4 nitrogen and oxygen atoms in total. The number of amides is 1. The molecule has 4 heteroatoms. The molecule has 0 heterocycles. The zero-order valence-electron chi connectivity index (χ0n) is 13.1. The van der Waals surface area contributed by atoms with Crippen LogP contribution in [0.5, 0.6) is 0 Å². The number of hydrogen-bond donors (Lipinski definition) is 1. The third-order valence-corrected chi connectivity index (χ3v) is 3.40. The van der Waals surface area contributed by atoms with Crippen molar-refractivity contribution in [3.05, 3.63) is 35.4 Å². The van der Waals surface area contributed by atoms with Crippen LogP contribution < -0.4 is 5.73 Å². The Kier molecular flexibility index (Phi) is 7.52. The fraction of sp³-hybridized carbons (Fsp3) is 0.471. The zero-order valence-corrected chi connectivity index (χ0v) is 13.1. The summed E-state index contributed by atoms with van der Waals surface area (Å²) in [5.41, 5.74) is 6.75. The Morgan fingerprint density at radius 1 is 1.43 bits per heavy atom. The highest BCUT2D eigenvalue weighted by Crippen LogP contribution is 2.14. The molecule has 1 rings (SSSR count). The van der Waals surface area contributed by atoms with E-state index in [1.54, 1.807) is 7.11 Å². The van der Waals surface area contributed by atoms with Crippen LogP contribution in [-0.4, -0.2) is 43.7 Å². The molecule has 0 fully saturated rings. The van der Waals surface area contributed by atoms with Crippen LogP contribution in [0.1, 0.15) is 36.2 Å². The normalized spacial score (nSPS) is 11.4. The van der Waals surface area contributed by atoms with E-state index in [0.29, 0.717) is 18.7 Å². The van der Waals surface area contributed by atoms with Crippen molar-refractivity contribution in [2.45, 2.75) is 26.3 Å². The Hall–Kier alpha value is -1.83. The maximum Gasteiger partial charge on any atom is 0.255 e. The molecule has 114 valence electrons. The second-order valence-corrected chi connectivity index (χ2v) is 4.80. The van der Waals surface area contributed by atoms with Crippen molar-refractivity contribution in [2.24, 2.45) is 5.73 Å². The second-order valence-electron chi connectivity index (χ2n) is 4.80. The standard InChI is InChI=1S/C17H24N2O2/c1-4-14(2)19(12-13-21-3)17(20)16-10-6-5-8-15(16)9-7-11-18/h5-6,8,10,14H,4,11-13,18H2,1-3H3. The summed E-state index contributed by atoms with van der Waals surface area (Å²) in [6.07, 6.45) is 0.895. The number of benzene rings is 1. The fourth-order valence-electron chi connectivity index (χ4n) is 2.01. The van der Waals surface area contributed by atoms with Crippen molar-refractivity contribution < 1.29 is 9.53 Å². The molecule has 0 spiro atoms. The van der Waals surface area contributed by atoms with Gasteiger partial charge in [0.1, 0.15) is 0 Å². The van der Waals surface area contributed by atoms with Gasteiger partial charge in [0, 0.05) is 25.3 Å². The first-order valence-electron chi connectivity index (χ1n) is 7.23. The van der Waals surface area contributed by atoms with Crippen LogP contribution in [0.2, 0.25) is 0 Å². The number of carbonyl (C=O) groups excluding carboxylic acids is 1. The molecule has 0 radical (unpaired) electrons. The Labute approximate surface area is 127 Å². The van der Waals surface area contributed by atoms with Crippen LogP contribution in [0.4, 0.5) is 0 Å². The van der Waals surface area contributed by atoms with Crippen LogP contribution in [0.3, 0.4) is 0 Å². The lowest BCUT2D eigenvalue weighted by Gasteiger charge is -2.28. The third kappa shape index (κ3) is 4.89. The molecule has 0 aliphatic carbocycles. The summed E-state index contributed by atoms with van der Waals surface area (Å²) in [6, 6.07) is 7.54. The van der Waals surface area contributed by atoms with Crippen LogP contribution in [-0.2, 0) is 4.74 Å². The molecule has 1 amide bonds. The van der Waals surface area contributed by atoms with Crippen molar-refractivity contribution in [3.63, 3.8) is 0 Å². The minimum Gasteiger partial charge on any atom is -0.383 e. The van der Waals surface area contributed by atoms with Crippen molar-refractivity contribution >= 4 is 5.91 Å². The monoisotopic (exact) mass is 288 g/mol. The second kappa shape index (κ2) is 9.17. The Morgan fingerprint density at radius 2 is 2.14 bits per heavy atom. The predicted octanol–water partition coefficient (Wildman–Crippen LogP) is 1.88. The molecular weight excluding hydrogens is 264 g/mol. The van der Waals surface area contributed by atoms with E-state index in [2.05, 4.69) is 18.8 Å². The highest BCUT2D eigenvalue weighted by molar-refractivity contribution is 5.97. The van der Waals surface area contributed by atoms with E-state index in [9.17, 15) is 4.79 Å². The number of ether oxygens (including phenoxy) is 1. The van der Waals surface area contributed by atoms with Gasteiger partial charge in [-0.05, 0) is 25.5 Å². The largest absolute Gasteiger partial charge is 0.383 e. The molecule has 0 aromatic heterocycles. The highest BCUT2D eigenvalue weighted by Gasteiger charge is 2.21. The van der Waals surface area contributed by atoms with Gasteiger partial charge in [-0.25, -0.2) is 0 Å². The first-order valence-corrected chi connectivity index (χ1v) is 7.23. The zero-order chi connectivity index (χ0) is 15.7. The van der Waals surface area contributed by atoms with Crippen molar-refractivity contribution in [1.82, 2.24) is 4.90 Å². The number of methoxy groups -OCH3 is 1. The van der Waals surface area contributed by atoms with E-state index < -0.39 is 0 Å². The van der Waals surface area contributed by atoms with Crippen LogP contribution in [0, 0.1) is 11.8 Å². The van der Waals surface area contributed by atoms with E-state index in [4.69, 9.17) is 10.5 Å². The highest BCUT2D eigenvalue weighted by atomic mass is 16.5. The van der Waals surface area contributed by atoms with Gasteiger partial charge in [0.05, 0.1) is 18.7 Å². The molecule has 0 saturated carbocycles. The van der Waals surface area contributed by atoms with Crippen molar-refractivity contribution in [3.8, 4) is 11.8 Å². The van der Waals surface area contributed by atoms with Crippen LogP contribution >= 0.6 is 0 Å². The fourth-order valence-corrected chi connectivity index (χ4v) is 2.01. The number of nitrogens with zero attached hydrogens (tertiary/aromatic N) is 1. The number of hydrogen-bond acceptors (Lipinski definition) is 3. The number of nitrogens with two attached hydrogens (primary N) is 1. The van der Waals surface area contributed by atoms with E-state index in [0.717, 1.165) is 12.0 Å². The number of rotatable bonds is 6. The lowest BCUT2D eigenvalue weighted by atomic mass is 10.1. The Bertz CT molecular complexity index is 517. The molecule has 1 unspecified atom stereocenters. The summed E-state index contributed by atoms with van der Waals surface area (Å²) in [6.45, 7) is 5.48. The minimum absolute atomic E-state index is 0.0108. The summed E-state index contributed by atoms with van der Waals surface area (Å²) in [5, 5.41) is 0. The average molecular weight is 288 g/mol. The van der Waals surface area contributed by atoms with Gasteiger partial charge in [-0.15, -0.1) is 0 Å². The molecule has 1 atom stereocenters. The van der Waals surface area contributed by atoms with Gasteiger partial charge in [-0.2, -0.15) is 0 Å². The molecule has 1 aromatic rings. The van der Waals surface area contributed by atoms with Gasteiger partial charge >= 0.3 is 0 Å². The molecule has 0 aliphatic rings. The summed E-state index contributed by atoms with van der Waals surface area (Å²) >= 11 is 0. The van der Waals surface area contributed by atoms with Gasteiger partial charge in [-0.1, -0.05) is 30.9 Å². The topological polar surface area (TPSA) is 55.6 Å². The Balaban J connectivity index is 3.08. The predicted molar refractivity (Wildman–Crippen MR) is 85.0 cm³/mol. The van der Waals surface area contributed by atoms with Crippen molar-refractivity contribution in [2.75, 3.05) is 26.8 Å². The van der Waals surface area contributed by atoms with Gasteiger partial charge in [0.25, 0.3) is 5.91 Å². The smallest absolute Gasteiger partial charge is 0.255 e. The SMILES string of the molecule is CCC(C)N(CCOC)C(=O)c1ccccc1C#CCN. The summed E-state index contributed by atoms with van der Waals surface area (Å²) < 4.78 is 5.11. The van der Waals surface area contributed by atoms with E-state index in [1.807, 2.05) is 36.1 Å². The molecule has 0 saturated heterocycles. The van der Waals surface area contributed by atoms with E-state index >= 15 is 0 Å². The van der Waals surface area contributed by atoms with Gasteiger partial charge in [0.2, 0.25) is 0 Å². The lowest BCUT2D eigenvalue weighted by molar-refractivity contribution is 0.0613. The Morgan fingerprint density at radius 3 is 2.76 bits per heavy atom. The third-order valence-electron chi connectivity index (χ3n) is 3.40. The van der Waals surface area contributed by atoms with Crippen molar-refractivity contribution in [1.29, 1.82) is 0 Å². The summed E-state index contributed by atoms with van der Waals surface area (Å²) in [4.78, 5) is 14.6. The minimum atomic E-state index is -0.0108. The quantitative estimate of drug-likeness (QED) is 0.813. The van der Waals surface area contributed by atoms with Crippen LogP contribution in [0.25, 0.3) is 0 Å². The van der Waals surface area contributed by atoms with Crippen LogP contribution in [0.15, 0.2) is 24.3 Å². The molecule has 2 N–H and O–H groups in total. The van der Waals surface area contributed by atoms with Gasteiger partial charge in [0.15, 0.2) is 0 Å². The number of carbonyl (C=O) groups is 1. The van der Waals surface area contributed by atoms with E-state index in [-0.39, 0.29) is 18.5 Å². The van der Waals surface area contributed by atoms with Gasteiger partial charge in [-0.3, -0.25) is 4.79 Å². The first kappa shape index (κ1) is 17.2. The summed E-state index contributed by atoms with van der Waals surface area (Å²) in [5.74, 6) is 5.76. The lowest BCUT2D eigenvalue weighted by Crippen LogP contribution is -2.40. The van der Waals surface area contributed by atoms with Gasteiger partial charge < -0.3 is 15.4 Å². The molecule has 0 aliphatic heterocycles. The maximum absolute atomic E-state index is 12.8. The molecule has 0 bridgehead atoms. The average Bonchev–Trinajstić information content (AvgIpc) is 2.52. The van der Waals surface area contributed by atoms with E-state index in [1.165, 1.54) is 0 Å².